The maximum Gasteiger partial charge on any atom is 0.471 e. The summed E-state index contributed by atoms with van der Waals surface area (Å²) >= 11 is 0. The summed E-state index contributed by atoms with van der Waals surface area (Å²) in [5, 5.41) is 1.68. The maximum atomic E-state index is 11.7. The molecule has 0 fully saturated rings. The Balaban J connectivity index is 2.32. The van der Waals surface area contributed by atoms with Crippen LogP contribution in [0.2, 0.25) is 0 Å². The van der Waals surface area contributed by atoms with Gasteiger partial charge in [-0.2, -0.15) is 13.2 Å². The molecule has 0 aromatic heterocycles. The van der Waals surface area contributed by atoms with E-state index in [4.69, 9.17) is 0 Å². The highest BCUT2D eigenvalue weighted by atomic mass is 19.4. The number of halogens is 3. The van der Waals surface area contributed by atoms with E-state index >= 15 is 0 Å². The number of rotatable bonds is 3. The molecule has 1 N–H and O–H groups in total. The molecule has 1 amide bonds. The van der Waals surface area contributed by atoms with Gasteiger partial charge in [-0.3, -0.25) is 4.79 Å². The summed E-state index contributed by atoms with van der Waals surface area (Å²) in [6.45, 7) is 1.09. The van der Waals surface area contributed by atoms with Crippen LogP contribution in [0.4, 0.5) is 13.2 Å². The first-order valence-electron chi connectivity index (χ1n) is 4.23. The number of hydrogen-bond donors (Lipinski definition) is 1. The summed E-state index contributed by atoms with van der Waals surface area (Å²) in [5.74, 6) is -1.95. The van der Waals surface area contributed by atoms with Crippen molar-refractivity contribution in [2.75, 3.05) is 0 Å². The summed E-state index contributed by atoms with van der Waals surface area (Å²) in [4.78, 5) is 10.4. The maximum absolute atomic E-state index is 11.7. The molecule has 0 spiro atoms. The Labute approximate surface area is 85.1 Å². The molecule has 15 heavy (non-hydrogen) atoms. The van der Waals surface area contributed by atoms with Crippen LogP contribution in [0.25, 0.3) is 0 Å². The van der Waals surface area contributed by atoms with Gasteiger partial charge in [0.05, 0.1) is 6.54 Å². The Bertz CT molecular complexity index is 321. The van der Waals surface area contributed by atoms with Gasteiger partial charge in [0.25, 0.3) is 0 Å². The van der Waals surface area contributed by atoms with Crippen LogP contribution in [-0.2, 0) is 11.2 Å². The summed E-state index contributed by atoms with van der Waals surface area (Å²) in [6, 6.07) is 8.87. The molecular formula is C10H9F3NO. The fraction of sp³-hybridized carbons (Fsp3) is 0.200. The third-order valence-corrected chi connectivity index (χ3v) is 1.67. The molecule has 0 aliphatic rings. The van der Waals surface area contributed by atoms with Gasteiger partial charge in [0.15, 0.2) is 0 Å². The molecule has 0 bridgehead atoms. The van der Waals surface area contributed by atoms with Crippen LogP contribution < -0.4 is 5.32 Å². The minimum atomic E-state index is -4.83. The molecule has 0 atom stereocenters. The largest absolute Gasteiger partial charge is 0.471 e. The van der Waals surface area contributed by atoms with Crippen LogP contribution in [-0.4, -0.2) is 12.1 Å². The highest BCUT2D eigenvalue weighted by molar-refractivity contribution is 5.82. The van der Waals surface area contributed by atoms with E-state index in [1.807, 2.05) is 0 Å². The quantitative estimate of drug-likeness (QED) is 0.823. The average Bonchev–Trinajstić information content (AvgIpc) is 2.18. The first-order valence-corrected chi connectivity index (χ1v) is 4.23. The van der Waals surface area contributed by atoms with Crippen LogP contribution in [0.15, 0.2) is 30.3 Å². The lowest BCUT2D eigenvalue weighted by molar-refractivity contribution is -0.172. The van der Waals surface area contributed by atoms with Crippen molar-refractivity contribution in [1.82, 2.24) is 5.32 Å². The Hall–Kier alpha value is -1.52. The first-order chi connectivity index (χ1) is 7.00. The van der Waals surface area contributed by atoms with Crippen molar-refractivity contribution >= 4 is 5.91 Å². The minimum Gasteiger partial charge on any atom is -0.343 e. The number of alkyl halides is 3. The van der Waals surface area contributed by atoms with Crippen molar-refractivity contribution in [2.45, 2.75) is 12.6 Å². The highest BCUT2D eigenvalue weighted by Crippen LogP contribution is 2.14. The van der Waals surface area contributed by atoms with E-state index in [1.54, 1.807) is 35.6 Å². The first kappa shape index (κ1) is 11.6. The van der Waals surface area contributed by atoms with Crippen LogP contribution in [0, 0.1) is 6.54 Å². The minimum absolute atomic E-state index is 0.267. The Morgan fingerprint density at radius 2 is 1.87 bits per heavy atom. The van der Waals surface area contributed by atoms with Gasteiger partial charge in [-0.25, -0.2) is 0 Å². The second kappa shape index (κ2) is 4.82. The molecule has 0 unspecified atom stereocenters. The Morgan fingerprint density at radius 1 is 1.27 bits per heavy atom. The van der Waals surface area contributed by atoms with E-state index in [1.165, 1.54) is 0 Å². The van der Waals surface area contributed by atoms with E-state index in [0.717, 1.165) is 12.1 Å². The normalized spacial score (nSPS) is 11.1. The number of amides is 1. The van der Waals surface area contributed by atoms with Gasteiger partial charge in [-0.05, 0) is 12.0 Å². The Kier molecular flexibility index (Phi) is 3.71. The summed E-state index contributed by atoms with van der Waals surface area (Å²) < 4.78 is 35.2. The zero-order valence-corrected chi connectivity index (χ0v) is 7.71. The molecule has 1 radical (unpaired) electrons. The van der Waals surface area contributed by atoms with Gasteiger partial charge in [-0.15, -0.1) is 0 Å². The van der Waals surface area contributed by atoms with E-state index in [0.29, 0.717) is 0 Å². The fourth-order valence-corrected chi connectivity index (χ4v) is 0.958. The smallest absolute Gasteiger partial charge is 0.343 e. The van der Waals surface area contributed by atoms with E-state index in [9.17, 15) is 18.0 Å². The van der Waals surface area contributed by atoms with Crippen molar-refractivity contribution < 1.29 is 18.0 Å². The highest BCUT2D eigenvalue weighted by Gasteiger charge is 2.38. The molecule has 2 nitrogen and oxygen atoms in total. The topological polar surface area (TPSA) is 29.1 Å². The van der Waals surface area contributed by atoms with Gasteiger partial charge in [0.1, 0.15) is 0 Å². The molecule has 0 aliphatic carbocycles. The average molecular weight is 216 g/mol. The van der Waals surface area contributed by atoms with Crippen molar-refractivity contribution in [2.24, 2.45) is 0 Å². The number of benzene rings is 1. The zero-order chi connectivity index (χ0) is 11.3. The van der Waals surface area contributed by atoms with Crippen LogP contribution >= 0.6 is 0 Å². The molecule has 1 aromatic carbocycles. The molecular weight excluding hydrogens is 207 g/mol. The number of hydrogen-bond acceptors (Lipinski definition) is 1. The number of nitrogens with one attached hydrogen (secondary N) is 1. The molecule has 0 saturated carbocycles. The molecule has 1 rings (SSSR count). The summed E-state index contributed by atoms with van der Waals surface area (Å²) in [7, 11) is 0. The number of carbonyl (C=O) groups is 1. The van der Waals surface area contributed by atoms with Gasteiger partial charge in [-0.1, -0.05) is 30.3 Å². The van der Waals surface area contributed by atoms with Gasteiger partial charge < -0.3 is 5.32 Å². The van der Waals surface area contributed by atoms with Gasteiger partial charge in [0, 0.05) is 0 Å². The van der Waals surface area contributed by atoms with Crippen LogP contribution in [0.5, 0.6) is 0 Å². The van der Waals surface area contributed by atoms with Gasteiger partial charge >= 0.3 is 12.1 Å². The third-order valence-electron chi connectivity index (χ3n) is 1.67. The van der Waals surface area contributed by atoms with E-state index in [2.05, 4.69) is 0 Å². The second-order valence-corrected chi connectivity index (χ2v) is 2.87. The van der Waals surface area contributed by atoms with Crippen molar-refractivity contribution in [3.63, 3.8) is 0 Å². The lowest BCUT2D eigenvalue weighted by atomic mass is 10.1. The SMILES string of the molecule is O=C(N[CH]Cc1ccccc1)C(F)(F)F. The van der Waals surface area contributed by atoms with Crippen LogP contribution in [0.1, 0.15) is 5.56 Å². The molecule has 0 aliphatic heterocycles. The van der Waals surface area contributed by atoms with Crippen molar-refractivity contribution in [3.05, 3.63) is 42.4 Å². The fourth-order valence-electron chi connectivity index (χ4n) is 0.958. The molecule has 1 aromatic rings. The predicted octanol–water partition coefficient (Wildman–Crippen LogP) is 2.07. The third kappa shape index (κ3) is 4.01. The molecule has 81 valence electrons. The number of carbonyl (C=O) groups excluding carboxylic acids is 1. The molecule has 0 saturated heterocycles. The standard InChI is InChI=1S/C10H9F3NO/c11-10(12,13)9(15)14-7-6-8-4-2-1-3-5-8/h1-5,7H,6H2,(H,14,15). The second-order valence-electron chi connectivity index (χ2n) is 2.87. The van der Waals surface area contributed by atoms with Crippen LogP contribution in [0.3, 0.4) is 0 Å². The molecule has 5 heteroatoms. The Morgan fingerprint density at radius 3 is 2.40 bits per heavy atom. The van der Waals surface area contributed by atoms with Crippen molar-refractivity contribution in [1.29, 1.82) is 0 Å². The lowest BCUT2D eigenvalue weighted by Gasteiger charge is -2.06. The summed E-state index contributed by atoms with van der Waals surface area (Å²) in [5.41, 5.74) is 0.833. The van der Waals surface area contributed by atoms with Gasteiger partial charge in [0.2, 0.25) is 0 Å². The van der Waals surface area contributed by atoms with Crippen molar-refractivity contribution in [3.8, 4) is 0 Å². The summed E-state index contributed by atoms with van der Waals surface area (Å²) in [6.07, 6.45) is -4.56. The predicted molar refractivity (Wildman–Crippen MR) is 48.6 cm³/mol. The molecule has 0 heterocycles. The van der Waals surface area contributed by atoms with E-state index in [-0.39, 0.29) is 6.42 Å². The van der Waals surface area contributed by atoms with E-state index < -0.39 is 12.1 Å². The lowest BCUT2D eigenvalue weighted by Crippen LogP contribution is -2.35. The monoisotopic (exact) mass is 216 g/mol. The zero-order valence-electron chi connectivity index (χ0n) is 7.71.